The van der Waals surface area contributed by atoms with E-state index in [9.17, 15) is 18.0 Å². The number of pyridine rings is 1. The van der Waals surface area contributed by atoms with Crippen molar-refractivity contribution < 1.29 is 18.0 Å². The van der Waals surface area contributed by atoms with Crippen molar-refractivity contribution in [2.24, 2.45) is 5.92 Å². The summed E-state index contributed by atoms with van der Waals surface area (Å²) >= 11 is 0.951. The zero-order chi connectivity index (χ0) is 25.2. The number of nitrogens with one attached hydrogen (secondary N) is 1. The number of thiazole rings is 1. The van der Waals surface area contributed by atoms with Gasteiger partial charge in [-0.15, -0.1) is 0 Å². The topological polar surface area (TPSA) is 142 Å². The summed E-state index contributed by atoms with van der Waals surface area (Å²) in [6.45, 7) is 6.61. The smallest absolute Gasteiger partial charge is 0.254 e. The number of carbonyl (C=O) groups excluding carboxylic acids is 2. The third kappa shape index (κ3) is 5.97. The van der Waals surface area contributed by atoms with E-state index in [1.165, 1.54) is 11.2 Å². The highest BCUT2D eigenvalue weighted by Crippen LogP contribution is 2.30. The second kappa shape index (κ2) is 10.6. The van der Waals surface area contributed by atoms with Crippen molar-refractivity contribution in [3.8, 4) is 0 Å². The monoisotopic (exact) mass is 521 g/mol. The lowest BCUT2D eigenvalue weighted by molar-refractivity contribution is -0.138. The summed E-state index contributed by atoms with van der Waals surface area (Å²) in [6.07, 6.45) is 3.27. The molecule has 2 amide bonds. The van der Waals surface area contributed by atoms with E-state index in [1.807, 2.05) is 12.1 Å². The zero-order valence-corrected chi connectivity index (χ0v) is 21.6. The molecule has 4 rings (SSSR count). The second-order valence-corrected chi connectivity index (χ2v) is 12.1. The van der Waals surface area contributed by atoms with Crippen molar-refractivity contribution in [1.29, 1.82) is 0 Å². The van der Waals surface area contributed by atoms with Crippen LogP contribution in [0.1, 0.15) is 31.0 Å². The highest BCUT2D eigenvalue weighted by Gasteiger charge is 2.35. The molecule has 0 spiro atoms. The van der Waals surface area contributed by atoms with Crippen molar-refractivity contribution in [1.82, 2.24) is 24.1 Å². The number of aryl methyl sites for hydroxylation is 1. The number of sulfonamides is 1. The van der Waals surface area contributed by atoms with Crippen LogP contribution in [0.3, 0.4) is 0 Å². The molecule has 0 bridgehead atoms. The van der Waals surface area contributed by atoms with Gasteiger partial charge in [0.2, 0.25) is 11.8 Å². The molecule has 0 radical (unpaired) electrons. The van der Waals surface area contributed by atoms with Gasteiger partial charge >= 0.3 is 0 Å². The second-order valence-electron chi connectivity index (χ2n) is 8.94. The predicted octanol–water partition coefficient (Wildman–Crippen LogP) is 1.13. The lowest BCUT2D eigenvalue weighted by atomic mass is 9.94. The minimum atomic E-state index is -3.74. The number of amides is 2. The molecule has 11 nitrogen and oxygen atoms in total. The van der Waals surface area contributed by atoms with E-state index < -0.39 is 10.0 Å². The number of hydrogen-bond acceptors (Lipinski definition) is 9. The Morgan fingerprint density at radius 2 is 1.86 bits per heavy atom. The van der Waals surface area contributed by atoms with Gasteiger partial charge in [-0.05, 0) is 50.6 Å². The van der Waals surface area contributed by atoms with E-state index >= 15 is 0 Å². The van der Waals surface area contributed by atoms with Gasteiger partial charge in [-0.25, -0.2) is 18.4 Å². The molecule has 2 aromatic rings. The summed E-state index contributed by atoms with van der Waals surface area (Å²) in [5, 5.41) is 2.80. The number of anilines is 2. The summed E-state index contributed by atoms with van der Waals surface area (Å²) in [7, 11) is -3.74. The van der Waals surface area contributed by atoms with Crippen LogP contribution < -0.4 is 11.1 Å². The van der Waals surface area contributed by atoms with Gasteiger partial charge in [-0.1, -0.05) is 11.3 Å². The number of likely N-dealkylation sites (tertiary alicyclic amines) is 1. The van der Waals surface area contributed by atoms with Crippen molar-refractivity contribution in [3.05, 3.63) is 29.6 Å². The number of carbonyl (C=O) groups is 2. The van der Waals surface area contributed by atoms with Crippen LogP contribution in [-0.2, 0) is 26.2 Å². The van der Waals surface area contributed by atoms with E-state index in [4.69, 9.17) is 5.73 Å². The maximum absolute atomic E-state index is 13.2. The Labute approximate surface area is 209 Å². The van der Waals surface area contributed by atoms with Crippen LogP contribution in [0.15, 0.2) is 22.5 Å². The molecule has 0 aliphatic carbocycles. The maximum atomic E-state index is 13.2. The molecule has 4 heterocycles. The molecule has 13 heteroatoms. The SMILES string of the molecule is CC(=O)Nc1nc(C)c(S(=O)(=O)N2CCN(C(=O)C3CCN(Cc4ccnc(N)c4)CC3)CC2)s1. The van der Waals surface area contributed by atoms with Crippen molar-refractivity contribution >= 4 is 44.1 Å². The summed E-state index contributed by atoms with van der Waals surface area (Å²) < 4.78 is 27.8. The third-order valence-corrected chi connectivity index (χ3v) is 9.91. The lowest BCUT2D eigenvalue weighted by Crippen LogP contribution is -2.52. The van der Waals surface area contributed by atoms with Gasteiger partial charge in [0, 0.05) is 51.8 Å². The minimum Gasteiger partial charge on any atom is -0.384 e. The van der Waals surface area contributed by atoms with E-state index in [0.29, 0.717) is 24.6 Å². The van der Waals surface area contributed by atoms with Crippen LogP contribution in [0, 0.1) is 12.8 Å². The zero-order valence-electron chi connectivity index (χ0n) is 19.9. The molecular weight excluding hydrogens is 490 g/mol. The van der Waals surface area contributed by atoms with Gasteiger partial charge in [0.25, 0.3) is 10.0 Å². The Kier molecular flexibility index (Phi) is 7.69. The van der Waals surface area contributed by atoms with Crippen LogP contribution >= 0.6 is 11.3 Å². The molecule has 0 atom stereocenters. The highest BCUT2D eigenvalue weighted by molar-refractivity contribution is 7.91. The first-order valence-corrected chi connectivity index (χ1v) is 13.9. The number of piperazine rings is 1. The Balaban J connectivity index is 1.29. The molecule has 190 valence electrons. The summed E-state index contributed by atoms with van der Waals surface area (Å²) in [6, 6.07) is 3.83. The molecule has 0 saturated carbocycles. The van der Waals surface area contributed by atoms with E-state index in [1.54, 1.807) is 18.0 Å². The largest absolute Gasteiger partial charge is 0.384 e. The fourth-order valence-electron chi connectivity index (χ4n) is 4.54. The van der Waals surface area contributed by atoms with E-state index in [2.05, 4.69) is 20.2 Å². The first kappa shape index (κ1) is 25.5. The average molecular weight is 522 g/mol. The molecule has 2 aliphatic heterocycles. The van der Waals surface area contributed by atoms with Gasteiger partial charge in [-0.3, -0.25) is 14.5 Å². The Bertz CT molecular complexity index is 1180. The molecule has 3 N–H and O–H groups in total. The molecule has 0 unspecified atom stereocenters. The number of hydrogen-bond donors (Lipinski definition) is 2. The molecule has 2 aliphatic rings. The van der Waals surface area contributed by atoms with Crippen LogP contribution in [-0.4, -0.2) is 83.6 Å². The number of piperidine rings is 1. The van der Waals surface area contributed by atoms with Gasteiger partial charge < -0.3 is 16.0 Å². The molecule has 2 fully saturated rings. The van der Waals surface area contributed by atoms with E-state index in [0.717, 1.165) is 49.4 Å². The van der Waals surface area contributed by atoms with Gasteiger partial charge in [0.1, 0.15) is 5.82 Å². The third-order valence-electron chi connectivity index (χ3n) is 6.35. The highest BCUT2D eigenvalue weighted by atomic mass is 32.2. The minimum absolute atomic E-state index is 0.0409. The van der Waals surface area contributed by atoms with Gasteiger partial charge in [0.05, 0.1) is 5.69 Å². The maximum Gasteiger partial charge on any atom is 0.254 e. The van der Waals surface area contributed by atoms with Crippen molar-refractivity contribution in [2.75, 3.05) is 50.3 Å². The Morgan fingerprint density at radius 1 is 1.17 bits per heavy atom. The van der Waals surface area contributed by atoms with Crippen molar-refractivity contribution in [2.45, 2.75) is 37.4 Å². The number of rotatable bonds is 6. The van der Waals surface area contributed by atoms with Gasteiger partial charge in [-0.2, -0.15) is 4.31 Å². The normalized spacial score (nSPS) is 18.5. The van der Waals surface area contributed by atoms with Gasteiger partial charge in [0.15, 0.2) is 9.34 Å². The lowest BCUT2D eigenvalue weighted by Gasteiger charge is -2.38. The molecular formula is C22H31N7O4S2. The predicted molar refractivity (Wildman–Crippen MR) is 133 cm³/mol. The average Bonchev–Trinajstić information content (AvgIpc) is 3.19. The van der Waals surface area contributed by atoms with Crippen LogP contribution in [0.2, 0.25) is 0 Å². The number of nitrogens with two attached hydrogens (primary N) is 1. The summed E-state index contributed by atoms with van der Waals surface area (Å²) in [5.74, 6) is 0.271. The van der Waals surface area contributed by atoms with Crippen LogP contribution in [0.5, 0.6) is 0 Å². The molecule has 35 heavy (non-hydrogen) atoms. The van der Waals surface area contributed by atoms with Crippen LogP contribution in [0.4, 0.5) is 10.9 Å². The first-order valence-electron chi connectivity index (χ1n) is 11.6. The Hall–Kier alpha value is -2.61. The van der Waals surface area contributed by atoms with E-state index in [-0.39, 0.29) is 40.2 Å². The summed E-state index contributed by atoms with van der Waals surface area (Å²) in [4.78, 5) is 36.7. The number of aromatic nitrogens is 2. The fourth-order valence-corrected chi connectivity index (χ4v) is 7.56. The van der Waals surface area contributed by atoms with Crippen molar-refractivity contribution in [3.63, 3.8) is 0 Å². The Morgan fingerprint density at radius 3 is 2.49 bits per heavy atom. The summed E-state index contributed by atoms with van der Waals surface area (Å²) in [5.41, 5.74) is 7.24. The molecule has 2 aromatic heterocycles. The number of nitrogen functional groups attached to an aromatic ring is 1. The molecule has 0 aromatic carbocycles. The first-order chi connectivity index (χ1) is 16.6. The number of nitrogens with zero attached hydrogens (tertiary/aromatic N) is 5. The molecule has 2 saturated heterocycles. The standard InChI is InChI=1S/C22H31N7O4S2/c1-15-21(34-22(25-15)26-16(2)30)35(32,33)29-11-9-28(10-12-29)20(31)18-4-7-27(8-5-18)14-17-3-6-24-19(23)13-17/h3,6,13,18H,4-5,7-12,14H2,1-2H3,(H2,23,24)(H,25,26,30). The quantitative estimate of drug-likeness (QED) is 0.576. The fraction of sp³-hybridized carbons (Fsp3) is 0.545. The van der Waals surface area contributed by atoms with Crippen LogP contribution in [0.25, 0.3) is 0 Å².